The Morgan fingerprint density at radius 1 is 1.60 bits per heavy atom. The highest BCUT2D eigenvalue weighted by Gasteiger charge is 2.28. The van der Waals surface area contributed by atoms with E-state index in [-0.39, 0.29) is 5.25 Å². The molecule has 0 aliphatic carbocycles. The van der Waals surface area contributed by atoms with Gasteiger partial charge in [0.15, 0.2) is 0 Å². The molecule has 0 amide bonds. The second-order valence-electron chi connectivity index (χ2n) is 2.93. The van der Waals surface area contributed by atoms with Gasteiger partial charge in [0.05, 0.1) is 0 Å². The van der Waals surface area contributed by atoms with Gasteiger partial charge in [-0.15, -0.1) is 0 Å². The van der Waals surface area contributed by atoms with Crippen molar-refractivity contribution in [3.8, 4) is 0 Å². The molecule has 3 nitrogen and oxygen atoms in total. The molecule has 1 aliphatic heterocycles. The maximum atomic E-state index is 10.3. The zero-order valence-electron chi connectivity index (χ0n) is 6.24. The highest BCUT2D eigenvalue weighted by molar-refractivity contribution is 7.79. The third-order valence-corrected chi connectivity index (χ3v) is 2.72. The molecule has 0 aromatic heterocycles. The summed E-state index contributed by atoms with van der Waals surface area (Å²) in [5.74, 6) is 0. The molecule has 1 atom stereocenters. The van der Waals surface area contributed by atoms with Gasteiger partial charge in [-0.05, 0) is 24.9 Å². The molecule has 0 aromatic carbocycles. The SMILES string of the molecule is CC(C)N1CC(S(=O)[O-])C1. The van der Waals surface area contributed by atoms with E-state index >= 15 is 0 Å². The van der Waals surface area contributed by atoms with Crippen molar-refractivity contribution >= 4 is 11.1 Å². The van der Waals surface area contributed by atoms with Crippen LogP contribution in [0.25, 0.3) is 0 Å². The number of hydrogen-bond donors (Lipinski definition) is 0. The van der Waals surface area contributed by atoms with Crippen LogP contribution in [0.3, 0.4) is 0 Å². The molecule has 60 valence electrons. The molecule has 1 unspecified atom stereocenters. The maximum absolute atomic E-state index is 10.3. The van der Waals surface area contributed by atoms with Gasteiger partial charge >= 0.3 is 0 Å². The lowest BCUT2D eigenvalue weighted by Gasteiger charge is -2.42. The van der Waals surface area contributed by atoms with Crippen molar-refractivity contribution < 1.29 is 8.76 Å². The van der Waals surface area contributed by atoms with Crippen LogP contribution in [-0.4, -0.2) is 38.0 Å². The fraction of sp³-hybridized carbons (Fsp3) is 1.00. The molecule has 1 aliphatic rings. The molecule has 4 heteroatoms. The highest BCUT2D eigenvalue weighted by Crippen LogP contribution is 2.15. The Kier molecular flexibility index (Phi) is 2.44. The predicted molar refractivity (Wildman–Crippen MR) is 39.4 cm³/mol. The summed E-state index contributed by atoms with van der Waals surface area (Å²) in [5, 5.41) is -0.109. The summed E-state index contributed by atoms with van der Waals surface area (Å²) in [7, 11) is 0. The molecule has 10 heavy (non-hydrogen) atoms. The minimum absolute atomic E-state index is 0.109. The van der Waals surface area contributed by atoms with E-state index in [9.17, 15) is 8.76 Å². The number of nitrogens with zero attached hydrogens (tertiary/aromatic N) is 1. The first-order valence-corrected chi connectivity index (χ1v) is 4.57. The van der Waals surface area contributed by atoms with Gasteiger partial charge in [-0.25, -0.2) is 0 Å². The van der Waals surface area contributed by atoms with Crippen LogP contribution in [0.4, 0.5) is 0 Å². The maximum Gasteiger partial charge on any atom is 0.0470 e. The molecule has 0 N–H and O–H groups in total. The smallest absolute Gasteiger partial charge is 0.0470 e. The van der Waals surface area contributed by atoms with E-state index in [1.165, 1.54) is 0 Å². The first kappa shape index (κ1) is 8.17. The normalized spacial score (nSPS) is 24.8. The Morgan fingerprint density at radius 2 is 2.10 bits per heavy atom. The van der Waals surface area contributed by atoms with E-state index in [0.717, 1.165) is 0 Å². The molecule has 1 rings (SSSR count). The molecular weight excluding hydrogens is 150 g/mol. The third-order valence-electron chi connectivity index (χ3n) is 1.88. The highest BCUT2D eigenvalue weighted by atomic mass is 32.2. The average Bonchev–Trinajstić information content (AvgIpc) is 1.56. The van der Waals surface area contributed by atoms with Crippen molar-refractivity contribution in [3.63, 3.8) is 0 Å². The van der Waals surface area contributed by atoms with Crippen LogP contribution in [-0.2, 0) is 11.1 Å². The van der Waals surface area contributed by atoms with Crippen LogP contribution in [0.5, 0.6) is 0 Å². The van der Waals surface area contributed by atoms with Gasteiger partial charge in [-0.2, -0.15) is 0 Å². The summed E-state index contributed by atoms with van der Waals surface area (Å²) in [6.45, 7) is 5.58. The molecular formula is C6H12NO2S-. The molecule has 0 aromatic rings. The number of rotatable bonds is 2. The number of likely N-dealkylation sites (tertiary alicyclic amines) is 1. The summed E-state index contributed by atoms with van der Waals surface area (Å²) in [4.78, 5) is 2.14. The van der Waals surface area contributed by atoms with Crippen molar-refractivity contribution in [2.45, 2.75) is 25.1 Å². The lowest BCUT2D eigenvalue weighted by Crippen LogP contribution is -2.55. The van der Waals surface area contributed by atoms with Crippen LogP contribution in [0, 0.1) is 0 Å². The molecule has 1 saturated heterocycles. The van der Waals surface area contributed by atoms with E-state index in [1.54, 1.807) is 0 Å². The summed E-state index contributed by atoms with van der Waals surface area (Å²) < 4.78 is 20.6. The topological polar surface area (TPSA) is 43.4 Å². The van der Waals surface area contributed by atoms with E-state index in [4.69, 9.17) is 0 Å². The van der Waals surface area contributed by atoms with Gasteiger partial charge in [-0.1, -0.05) is 0 Å². The van der Waals surface area contributed by atoms with Crippen molar-refractivity contribution in [2.75, 3.05) is 13.1 Å². The summed E-state index contributed by atoms with van der Waals surface area (Å²) in [6.07, 6.45) is 0. The summed E-state index contributed by atoms with van der Waals surface area (Å²) in [6, 6.07) is 0.486. The minimum atomic E-state index is -1.85. The quantitative estimate of drug-likeness (QED) is 0.535. The largest absolute Gasteiger partial charge is 0.772 e. The van der Waals surface area contributed by atoms with Crippen LogP contribution in [0.1, 0.15) is 13.8 Å². The molecule has 1 heterocycles. The third kappa shape index (κ3) is 1.56. The van der Waals surface area contributed by atoms with E-state index < -0.39 is 11.1 Å². The Labute approximate surface area is 63.7 Å². The minimum Gasteiger partial charge on any atom is -0.772 e. The van der Waals surface area contributed by atoms with Crippen LogP contribution in [0.15, 0.2) is 0 Å². The van der Waals surface area contributed by atoms with E-state index in [0.29, 0.717) is 19.1 Å². The van der Waals surface area contributed by atoms with E-state index in [2.05, 4.69) is 18.7 Å². The van der Waals surface area contributed by atoms with Gasteiger partial charge in [0.25, 0.3) is 0 Å². The van der Waals surface area contributed by atoms with Gasteiger partial charge in [0, 0.05) is 24.4 Å². The second kappa shape index (κ2) is 2.98. The Bertz CT molecular complexity index is 143. The molecule has 0 radical (unpaired) electrons. The fourth-order valence-electron chi connectivity index (χ4n) is 1.01. The standard InChI is InChI=1S/C6H13NO2S/c1-5(2)7-3-6(4-7)10(8)9/h5-6H,3-4H2,1-2H3,(H,8,9)/p-1. The Hall–Kier alpha value is 0.0700. The molecule has 1 fully saturated rings. The predicted octanol–water partition coefficient (Wildman–Crippen LogP) is -0.0419. The first-order valence-electron chi connectivity index (χ1n) is 3.43. The van der Waals surface area contributed by atoms with Gasteiger partial charge in [0.1, 0.15) is 0 Å². The monoisotopic (exact) mass is 162 g/mol. The van der Waals surface area contributed by atoms with Crippen LogP contribution in [0.2, 0.25) is 0 Å². The van der Waals surface area contributed by atoms with Gasteiger partial charge in [0.2, 0.25) is 0 Å². The average molecular weight is 162 g/mol. The lowest BCUT2D eigenvalue weighted by molar-refractivity contribution is 0.141. The van der Waals surface area contributed by atoms with E-state index in [1.807, 2.05) is 0 Å². The van der Waals surface area contributed by atoms with Crippen LogP contribution >= 0.6 is 0 Å². The summed E-state index contributed by atoms with van der Waals surface area (Å²) >= 11 is -1.85. The van der Waals surface area contributed by atoms with Crippen molar-refractivity contribution in [1.82, 2.24) is 4.90 Å². The Morgan fingerprint density at radius 3 is 2.40 bits per heavy atom. The van der Waals surface area contributed by atoms with Crippen molar-refractivity contribution in [3.05, 3.63) is 0 Å². The number of hydrogen-bond acceptors (Lipinski definition) is 3. The van der Waals surface area contributed by atoms with Crippen LogP contribution < -0.4 is 0 Å². The summed E-state index contributed by atoms with van der Waals surface area (Å²) in [5.41, 5.74) is 0. The second-order valence-corrected chi connectivity index (χ2v) is 4.12. The Balaban J connectivity index is 2.24. The van der Waals surface area contributed by atoms with Gasteiger partial charge in [-0.3, -0.25) is 9.11 Å². The lowest BCUT2D eigenvalue weighted by atomic mass is 10.1. The zero-order chi connectivity index (χ0) is 7.72. The molecule has 0 saturated carbocycles. The fourth-order valence-corrected chi connectivity index (χ4v) is 1.64. The van der Waals surface area contributed by atoms with Gasteiger partial charge < -0.3 is 4.55 Å². The van der Waals surface area contributed by atoms with Crippen molar-refractivity contribution in [2.24, 2.45) is 0 Å². The first-order chi connectivity index (χ1) is 4.61. The zero-order valence-corrected chi connectivity index (χ0v) is 7.06. The molecule has 0 spiro atoms. The molecule has 0 bridgehead atoms. The van der Waals surface area contributed by atoms with Crippen molar-refractivity contribution in [1.29, 1.82) is 0 Å².